The van der Waals surface area contributed by atoms with Crippen LogP contribution in [0.25, 0.3) is 0 Å². The summed E-state index contributed by atoms with van der Waals surface area (Å²) in [6.07, 6.45) is -2.37. The van der Waals surface area contributed by atoms with Crippen molar-refractivity contribution in [3.63, 3.8) is 0 Å². The number of aryl methyl sites for hydroxylation is 1. The van der Waals surface area contributed by atoms with Crippen LogP contribution in [0.2, 0.25) is 0 Å². The molecule has 1 atom stereocenters. The minimum atomic E-state index is -4.88. The Kier molecular flexibility index (Phi) is 8.21. The van der Waals surface area contributed by atoms with Gasteiger partial charge in [-0.25, -0.2) is 19.2 Å². The summed E-state index contributed by atoms with van der Waals surface area (Å²) in [6.45, 7) is 2.98. The van der Waals surface area contributed by atoms with E-state index in [4.69, 9.17) is 4.84 Å². The van der Waals surface area contributed by atoms with Crippen LogP contribution < -0.4 is 10.6 Å². The van der Waals surface area contributed by atoms with Gasteiger partial charge < -0.3 is 20.7 Å². The second-order valence-corrected chi connectivity index (χ2v) is 9.28. The molecule has 2 heterocycles. The number of aliphatic imine (C=N–C) groups is 2. The predicted octanol–water partition coefficient (Wildman–Crippen LogP) is 3.34. The largest absolute Gasteiger partial charge is 0.594 e. The van der Waals surface area contributed by atoms with Gasteiger partial charge in [0, 0.05) is 35.7 Å². The van der Waals surface area contributed by atoms with Gasteiger partial charge in [-0.15, -0.1) is 0 Å². The fraction of sp³-hybridized carbons (Fsp3) is 0.308. The topological polar surface area (TPSA) is 108 Å². The summed E-state index contributed by atoms with van der Waals surface area (Å²) in [6, 6.07) is 6.67. The van der Waals surface area contributed by atoms with Gasteiger partial charge in [0.2, 0.25) is 12.1 Å². The number of fused-ring (bicyclic) bond motifs is 1. The highest BCUT2D eigenvalue weighted by molar-refractivity contribution is 6.12. The van der Waals surface area contributed by atoms with E-state index in [9.17, 15) is 27.6 Å². The molecule has 2 aliphatic rings. The lowest BCUT2D eigenvalue weighted by molar-refractivity contribution is -0.725. The van der Waals surface area contributed by atoms with Crippen molar-refractivity contribution in [3.8, 4) is 0 Å². The average Bonchev–Trinajstić information content (AvgIpc) is 2.88. The van der Waals surface area contributed by atoms with Gasteiger partial charge in [0.1, 0.15) is 5.82 Å². The molecule has 0 saturated heterocycles. The van der Waals surface area contributed by atoms with Crippen molar-refractivity contribution in [1.82, 2.24) is 15.4 Å². The van der Waals surface area contributed by atoms with Crippen LogP contribution in [-0.2, 0) is 11.0 Å². The molecule has 2 N–H and O–H groups in total. The van der Waals surface area contributed by atoms with Gasteiger partial charge in [0.05, 0.1) is 24.8 Å². The number of allylic oxidation sites excluding steroid dienone is 1. The number of nitrogens with one attached hydrogen (secondary N) is 2. The Morgan fingerprint density at radius 2 is 2.02 bits per heavy atom. The van der Waals surface area contributed by atoms with E-state index in [1.165, 1.54) is 13.2 Å². The third kappa shape index (κ3) is 6.13. The maximum atomic E-state index is 14.0. The van der Waals surface area contributed by atoms with E-state index in [1.807, 2.05) is 19.0 Å². The molecule has 0 aromatic heterocycles. The molecule has 0 fully saturated rings. The lowest BCUT2D eigenvalue weighted by Gasteiger charge is -2.33. The minimum Gasteiger partial charge on any atom is -0.594 e. The summed E-state index contributed by atoms with van der Waals surface area (Å²) in [4.78, 5) is 29.3. The number of carbonyl (C=O) groups is 1. The number of halogens is 4. The number of carbonyl (C=O) groups excluding carboxylic acids is 1. The summed E-state index contributed by atoms with van der Waals surface area (Å²) < 4.78 is 52.6. The third-order valence-electron chi connectivity index (χ3n) is 6.13. The Labute approximate surface area is 227 Å². The molecule has 2 aromatic rings. The normalized spacial score (nSPS) is 18.1. The first-order chi connectivity index (χ1) is 18.9. The fourth-order valence-corrected chi connectivity index (χ4v) is 4.04. The quantitative estimate of drug-likeness (QED) is 0.305. The molecule has 40 heavy (non-hydrogen) atoms. The van der Waals surface area contributed by atoms with Gasteiger partial charge in [0.25, 0.3) is 11.6 Å². The number of hydrogen-bond donors (Lipinski definition) is 2. The zero-order valence-electron chi connectivity index (χ0n) is 22.1. The Morgan fingerprint density at radius 3 is 2.67 bits per heavy atom. The van der Waals surface area contributed by atoms with E-state index < -0.39 is 29.6 Å². The maximum absolute atomic E-state index is 14.0. The van der Waals surface area contributed by atoms with E-state index in [-0.39, 0.29) is 17.0 Å². The Balaban J connectivity index is 1.61. The number of alkyl halides is 3. The minimum absolute atomic E-state index is 0.184. The molecule has 1 amide bonds. The highest BCUT2D eigenvalue weighted by Gasteiger charge is 2.38. The van der Waals surface area contributed by atoms with Crippen LogP contribution in [0.1, 0.15) is 27.0 Å². The highest BCUT2D eigenvalue weighted by Crippen LogP contribution is 2.32. The van der Waals surface area contributed by atoms with Gasteiger partial charge in [-0.05, 0) is 62.1 Å². The number of hydrazine groups is 1. The first kappa shape index (κ1) is 28.7. The molecule has 10 nitrogen and oxygen atoms in total. The second kappa shape index (κ2) is 11.4. The second-order valence-electron chi connectivity index (χ2n) is 9.28. The van der Waals surface area contributed by atoms with Crippen LogP contribution >= 0.6 is 0 Å². The molecule has 0 bridgehead atoms. The Morgan fingerprint density at radius 1 is 1.27 bits per heavy atom. The molecule has 1 unspecified atom stereocenters. The van der Waals surface area contributed by atoms with E-state index in [2.05, 4.69) is 20.6 Å². The molecule has 14 heteroatoms. The van der Waals surface area contributed by atoms with Gasteiger partial charge in [0.15, 0.2) is 0 Å². The SMILES string of the molecule is CON1C2NC(=NCCN(C)C)N=CC2=CC(c2cc(NC(=O)c3ccc(C(F)(F)F)c(F)c3)ccc2C)=[N+]1[O-]. The number of hydrogen-bond acceptors (Lipinski definition) is 6. The molecule has 0 radical (unpaired) electrons. The summed E-state index contributed by atoms with van der Waals surface area (Å²) in [5.74, 6) is -2.03. The van der Waals surface area contributed by atoms with Crippen LogP contribution in [0.4, 0.5) is 23.2 Å². The number of hydrazone groups is 1. The van der Waals surface area contributed by atoms with Gasteiger partial charge in [-0.3, -0.25) is 4.79 Å². The first-order valence-electron chi connectivity index (χ1n) is 12.1. The molecule has 0 spiro atoms. The first-order valence-corrected chi connectivity index (χ1v) is 12.1. The van der Waals surface area contributed by atoms with Crippen molar-refractivity contribution in [2.75, 3.05) is 39.6 Å². The zero-order valence-corrected chi connectivity index (χ0v) is 22.1. The van der Waals surface area contributed by atoms with Crippen molar-refractivity contribution >= 4 is 29.5 Å². The molecular formula is C26H27F4N7O3. The predicted molar refractivity (Wildman–Crippen MR) is 141 cm³/mol. The van der Waals surface area contributed by atoms with Gasteiger partial charge in [-0.2, -0.15) is 13.2 Å². The van der Waals surface area contributed by atoms with Crippen LogP contribution in [0.5, 0.6) is 0 Å². The fourth-order valence-electron chi connectivity index (χ4n) is 4.04. The lowest BCUT2D eigenvalue weighted by atomic mass is 9.99. The maximum Gasteiger partial charge on any atom is 0.419 e. The number of guanidine groups is 1. The number of nitrogens with zero attached hydrogens (tertiary/aromatic N) is 5. The van der Waals surface area contributed by atoms with Crippen LogP contribution in [0, 0.1) is 17.9 Å². The summed E-state index contributed by atoms with van der Waals surface area (Å²) in [5, 5.41) is 20.0. The number of amides is 1. The number of rotatable bonds is 7. The van der Waals surface area contributed by atoms with Gasteiger partial charge >= 0.3 is 6.18 Å². The number of hydroxylamine groups is 1. The summed E-state index contributed by atoms with van der Waals surface area (Å²) in [5.41, 5.74) is 0.403. The van der Waals surface area contributed by atoms with Crippen molar-refractivity contribution in [2.45, 2.75) is 19.3 Å². The number of likely N-dealkylation sites (N-methyl/N-ethyl adjacent to an activating group) is 1. The van der Waals surface area contributed by atoms with Crippen LogP contribution in [0.15, 0.2) is 58.0 Å². The molecule has 0 saturated carbocycles. The van der Waals surface area contributed by atoms with Crippen molar-refractivity contribution < 1.29 is 32.0 Å². The van der Waals surface area contributed by atoms with Crippen LogP contribution in [-0.4, -0.2) is 79.2 Å². The molecule has 212 valence electrons. The van der Waals surface area contributed by atoms with E-state index >= 15 is 0 Å². The molecule has 2 aliphatic heterocycles. The monoisotopic (exact) mass is 561 g/mol. The molecule has 0 aliphatic carbocycles. The molecule has 4 rings (SSSR count). The number of benzene rings is 2. The van der Waals surface area contributed by atoms with E-state index in [1.54, 1.807) is 31.3 Å². The van der Waals surface area contributed by atoms with E-state index in [0.717, 1.165) is 11.2 Å². The Hall–Kier alpha value is -4.30. The number of anilines is 1. The zero-order chi connectivity index (χ0) is 29.2. The van der Waals surface area contributed by atoms with Gasteiger partial charge in [-0.1, -0.05) is 10.9 Å². The molecular weight excluding hydrogens is 534 g/mol. The van der Waals surface area contributed by atoms with Crippen molar-refractivity contribution in [1.29, 1.82) is 0 Å². The molecule has 2 aromatic carbocycles. The smallest absolute Gasteiger partial charge is 0.419 e. The highest BCUT2D eigenvalue weighted by atomic mass is 19.4. The van der Waals surface area contributed by atoms with Crippen molar-refractivity contribution in [3.05, 3.63) is 81.3 Å². The lowest BCUT2D eigenvalue weighted by Crippen LogP contribution is -2.56. The third-order valence-corrected chi connectivity index (χ3v) is 6.13. The van der Waals surface area contributed by atoms with Crippen LogP contribution in [0.3, 0.4) is 0 Å². The summed E-state index contributed by atoms with van der Waals surface area (Å²) in [7, 11) is 5.19. The van der Waals surface area contributed by atoms with E-state index in [0.29, 0.717) is 52.7 Å². The average molecular weight is 562 g/mol. The standard InChI is InChI=1S/C26H27F4N7O3/c1-15-5-7-18(33-24(38)16-6-8-20(21(27)11-16)26(28,29)30)13-19(15)22-12-17-14-32-25(31-9-10-35(2)3)34-23(17)37(40-4)36(22)39/h5-8,11-14,23H,9-10H2,1-4H3,(H,31,34)(H,33,38). The van der Waals surface area contributed by atoms with Crippen molar-refractivity contribution in [2.24, 2.45) is 9.98 Å². The summed E-state index contributed by atoms with van der Waals surface area (Å²) >= 11 is 0. The Bertz CT molecular complexity index is 1430.